The maximum atomic E-state index is 14.3. The molecule has 6 heteroatoms. The molecule has 0 radical (unpaired) electrons. The first-order valence-electron chi connectivity index (χ1n) is 8.07. The average molecular weight is 330 g/mol. The van der Waals surface area contributed by atoms with Gasteiger partial charge in [0.15, 0.2) is 0 Å². The molecule has 0 bridgehead atoms. The van der Waals surface area contributed by atoms with Crippen LogP contribution in [0.1, 0.15) is 48.3 Å². The van der Waals surface area contributed by atoms with E-state index >= 15 is 0 Å². The van der Waals surface area contributed by atoms with E-state index in [0.29, 0.717) is 25.0 Å². The van der Waals surface area contributed by atoms with Crippen molar-refractivity contribution >= 4 is 16.9 Å². The highest BCUT2D eigenvalue weighted by atomic mass is 19.1. The molecule has 1 aromatic carbocycles. The molecule has 1 N–H and O–H groups in total. The number of fused-ring (bicyclic) bond motifs is 3. The van der Waals surface area contributed by atoms with Gasteiger partial charge in [0.05, 0.1) is 29.8 Å². The highest BCUT2D eigenvalue weighted by Gasteiger charge is 2.32. The number of rotatable bonds is 4. The van der Waals surface area contributed by atoms with Crippen LogP contribution in [0.5, 0.6) is 0 Å². The molecule has 0 aliphatic carbocycles. The zero-order valence-electron chi connectivity index (χ0n) is 13.7. The summed E-state index contributed by atoms with van der Waals surface area (Å²) in [5.41, 5.74) is 3.25. The molecule has 5 nitrogen and oxygen atoms in total. The summed E-state index contributed by atoms with van der Waals surface area (Å²) >= 11 is 0. The summed E-state index contributed by atoms with van der Waals surface area (Å²) in [6, 6.07) is 3.36. The van der Waals surface area contributed by atoms with Crippen LogP contribution in [0.4, 0.5) is 4.39 Å². The van der Waals surface area contributed by atoms with E-state index in [1.165, 1.54) is 6.07 Å². The van der Waals surface area contributed by atoms with Crippen molar-refractivity contribution in [3.63, 3.8) is 0 Å². The van der Waals surface area contributed by atoms with Crippen LogP contribution in [0.25, 0.3) is 10.9 Å². The molecule has 0 fully saturated rings. The fourth-order valence-corrected chi connectivity index (χ4v) is 3.70. The number of carboxylic acid groups (broad SMARTS) is 1. The van der Waals surface area contributed by atoms with Crippen molar-refractivity contribution in [2.75, 3.05) is 6.61 Å². The van der Waals surface area contributed by atoms with Crippen molar-refractivity contribution in [3.8, 4) is 6.07 Å². The molecule has 1 aliphatic rings. The number of hydrogen-bond donors (Lipinski definition) is 1. The first kappa shape index (κ1) is 16.5. The Hall–Kier alpha value is -2.39. The second-order valence-corrected chi connectivity index (χ2v) is 6.11. The van der Waals surface area contributed by atoms with Crippen LogP contribution in [0, 0.1) is 24.1 Å². The van der Waals surface area contributed by atoms with E-state index in [-0.39, 0.29) is 12.0 Å². The smallest absolute Gasteiger partial charge is 0.306 e. The van der Waals surface area contributed by atoms with Crippen molar-refractivity contribution in [3.05, 3.63) is 34.3 Å². The lowest BCUT2D eigenvalue weighted by Gasteiger charge is -2.25. The number of benzene rings is 1. The predicted molar refractivity (Wildman–Crippen MR) is 86.3 cm³/mol. The fraction of sp³-hybridized carbons (Fsp3) is 0.444. The van der Waals surface area contributed by atoms with E-state index in [1.807, 2.05) is 24.5 Å². The molecule has 0 spiro atoms. The lowest BCUT2D eigenvalue weighted by Crippen LogP contribution is -2.21. The van der Waals surface area contributed by atoms with E-state index in [4.69, 9.17) is 4.74 Å². The van der Waals surface area contributed by atoms with Crippen LogP contribution in [-0.4, -0.2) is 22.2 Å². The topological polar surface area (TPSA) is 75.2 Å². The van der Waals surface area contributed by atoms with Gasteiger partial charge in [-0.05, 0) is 37.0 Å². The SMILES string of the molecule is CCCn1c2c(c3c(C#N)c(F)cc(C)c31)CCO[C@@H]2CC(=O)O. The van der Waals surface area contributed by atoms with Gasteiger partial charge in [-0.3, -0.25) is 4.79 Å². The second-order valence-electron chi connectivity index (χ2n) is 6.11. The average Bonchev–Trinajstić information content (AvgIpc) is 2.84. The Balaban J connectivity index is 2.40. The third-order valence-corrected chi connectivity index (χ3v) is 4.51. The third-order valence-electron chi connectivity index (χ3n) is 4.51. The van der Waals surface area contributed by atoms with Crippen molar-refractivity contribution in [1.82, 2.24) is 4.57 Å². The van der Waals surface area contributed by atoms with Crippen LogP contribution < -0.4 is 0 Å². The first-order chi connectivity index (χ1) is 11.5. The van der Waals surface area contributed by atoms with Gasteiger partial charge in [-0.15, -0.1) is 0 Å². The Morgan fingerprint density at radius 3 is 2.96 bits per heavy atom. The number of ether oxygens (including phenoxy) is 1. The molecule has 126 valence electrons. The number of nitrogens with zero attached hydrogens (tertiary/aromatic N) is 2. The van der Waals surface area contributed by atoms with Crippen LogP contribution in [0.2, 0.25) is 0 Å². The zero-order chi connectivity index (χ0) is 17.4. The van der Waals surface area contributed by atoms with Gasteiger partial charge >= 0.3 is 5.97 Å². The maximum Gasteiger partial charge on any atom is 0.306 e. The number of halogens is 1. The minimum Gasteiger partial charge on any atom is -0.481 e. The van der Waals surface area contributed by atoms with Gasteiger partial charge in [0, 0.05) is 11.9 Å². The van der Waals surface area contributed by atoms with E-state index in [1.54, 1.807) is 0 Å². The molecule has 0 amide bonds. The molecule has 2 heterocycles. The van der Waals surface area contributed by atoms with Crippen molar-refractivity contribution in [2.24, 2.45) is 0 Å². The second kappa shape index (κ2) is 6.25. The Morgan fingerprint density at radius 2 is 2.33 bits per heavy atom. The molecule has 0 saturated heterocycles. The Bertz CT molecular complexity index is 864. The lowest BCUT2D eigenvalue weighted by atomic mass is 9.97. The minimum atomic E-state index is -0.940. The van der Waals surface area contributed by atoms with Crippen LogP contribution >= 0.6 is 0 Å². The van der Waals surface area contributed by atoms with Crippen LogP contribution in [-0.2, 0) is 22.5 Å². The molecule has 0 unspecified atom stereocenters. The highest BCUT2D eigenvalue weighted by molar-refractivity contribution is 5.93. The van der Waals surface area contributed by atoms with Gasteiger partial charge in [-0.2, -0.15) is 5.26 Å². The number of aliphatic carboxylic acids is 1. The van der Waals surface area contributed by atoms with Crippen LogP contribution in [0.3, 0.4) is 0 Å². The summed E-state index contributed by atoms with van der Waals surface area (Å²) in [4.78, 5) is 11.2. The molecule has 3 rings (SSSR count). The van der Waals surface area contributed by atoms with E-state index in [9.17, 15) is 19.6 Å². The molecule has 24 heavy (non-hydrogen) atoms. The minimum absolute atomic E-state index is 0.0395. The first-order valence-corrected chi connectivity index (χ1v) is 8.07. The summed E-state index contributed by atoms with van der Waals surface area (Å²) in [5, 5.41) is 19.2. The quantitative estimate of drug-likeness (QED) is 0.931. The van der Waals surface area contributed by atoms with Crippen molar-refractivity contribution in [2.45, 2.75) is 45.8 Å². The predicted octanol–water partition coefficient (Wildman–Crippen LogP) is 3.46. The number of aryl methyl sites for hydroxylation is 2. The number of hydrogen-bond acceptors (Lipinski definition) is 3. The van der Waals surface area contributed by atoms with E-state index in [0.717, 1.165) is 28.8 Å². The molecule has 1 aliphatic heterocycles. The summed E-state index contributed by atoms with van der Waals surface area (Å²) in [6.45, 7) is 4.88. The van der Waals surface area contributed by atoms with Gasteiger partial charge in [-0.25, -0.2) is 4.39 Å². The fourth-order valence-electron chi connectivity index (χ4n) is 3.70. The summed E-state index contributed by atoms with van der Waals surface area (Å²) in [7, 11) is 0. The Kier molecular flexibility index (Phi) is 4.29. The van der Waals surface area contributed by atoms with E-state index < -0.39 is 17.9 Å². The van der Waals surface area contributed by atoms with Gasteiger partial charge in [-0.1, -0.05) is 6.92 Å². The molecule has 2 aromatic rings. The van der Waals surface area contributed by atoms with Crippen LogP contribution in [0.15, 0.2) is 6.07 Å². The number of nitriles is 1. The Labute approximate surface area is 139 Å². The Morgan fingerprint density at radius 1 is 1.58 bits per heavy atom. The van der Waals surface area contributed by atoms with Crippen molar-refractivity contribution < 1.29 is 19.0 Å². The summed E-state index contributed by atoms with van der Waals surface area (Å²) in [6.07, 6.45) is 0.681. The largest absolute Gasteiger partial charge is 0.481 e. The standard InChI is InChI=1S/C18H19FN2O3/c1-3-5-21-17-10(2)7-13(19)12(9-20)16(17)11-4-6-24-14(18(11)21)8-15(22)23/h7,14H,3-6,8H2,1-2H3,(H,22,23)/t14-/m1/s1. The zero-order valence-corrected chi connectivity index (χ0v) is 13.7. The number of carbonyl (C=O) groups is 1. The van der Waals surface area contributed by atoms with Gasteiger partial charge in [0.25, 0.3) is 0 Å². The molecular weight excluding hydrogens is 311 g/mol. The maximum absolute atomic E-state index is 14.3. The molecular formula is C18H19FN2O3. The monoisotopic (exact) mass is 330 g/mol. The van der Waals surface area contributed by atoms with Gasteiger partial charge in [0.1, 0.15) is 18.0 Å². The molecule has 0 saturated carbocycles. The lowest BCUT2D eigenvalue weighted by molar-refractivity contribution is -0.140. The van der Waals surface area contributed by atoms with Gasteiger partial charge in [0.2, 0.25) is 0 Å². The number of aromatic nitrogens is 1. The number of carboxylic acids is 1. The highest BCUT2D eigenvalue weighted by Crippen LogP contribution is 2.40. The van der Waals surface area contributed by atoms with E-state index in [2.05, 4.69) is 0 Å². The van der Waals surface area contributed by atoms with Gasteiger partial charge < -0.3 is 14.4 Å². The molecule has 1 aromatic heterocycles. The molecule has 1 atom stereocenters. The van der Waals surface area contributed by atoms with Crippen molar-refractivity contribution in [1.29, 1.82) is 5.26 Å². The normalized spacial score (nSPS) is 16.8. The third kappa shape index (κ3) is 2.45. The summed E-state index contributed by atoms with van der Waals surface area (Å²) in [5.74, 6) is -1.47. The summed E-state index contributed by atoms with van der Waals surface area (Å²) < 4.78 is 22.0.